The molecule has 0 amide bonds. The summed E-state index contributed by atoms with van der Waals surface area (Å²) in [4.78, 5) is 14.1. The third kappa shape index (κ3) is 2.69. The Hall–Kier alpha value is -1.65. The molecular weight excluding hydrogens is 296 g/mol. The Morgan fingerprint density at radius 3 is 2.59 bits per heavy atom. The summed E-state index contributed by atoms with van der Waals surface area (Å²) in [5.41, 5.74) is 4.11. The van der Waals surface area contributed by atoms with Crippen molar-refractivity contribution in [2.45, 2.75) is 6.92 Å². The van der Waals surface area contributed by atoms with Gasteiger partial charge in [-0.05, 0) is 32.2 Å². The number of fused-ring (bicyclic) bond motifs is 1. The lowest BCUT2D eigenvalue weighted by molar-refractivity contribution is 0.217. The molecule has 116 valence electrons. The van der Waals surface area contributed by atoms with Crippen LogP contribution in [0.1, 0.15) is 12.5 Å². The second kappa shape index (κ2) is 6.23. The molecule has 0 bridgehead atoms. The molecule has 2 aliphatic rings. The van der Waals surface area contributed by atoms with Crippen molar-refractivity contribution in [1.29, 1.82) is 0 Å². The second-order valence-corrected chi connectivity index (χ2v) is 6.10. The molecule has 1 aromatic rings. The van der Waals surface area contributed by atoms with Gasteiger partial charge in [-0.3, -0.25) is 4.99 Å². The minimum atomic E-state index is 0.729. The van der Waals surface area contributed by atoms with E-state index in [1.807, 2.05) is 32.2 Å². The number of piperazine rings is 1. The van der Waals surface area contributed by atoms with Gasteiger partial charge in [-0.2, -0.15) is 0 Å². The number of aliphatic imine (C=N–C) groups is 2. The van der Waals surface area contributed by atoms with Crippen molar-refractivity contribution in [3.05, 3.63) is 34.9 Å². The van der Waals surface area contributed by atoms with E-state index in [4.69, 9.17) is 16.6 Å². The molecule has 0 spiro atoms. The number of likely N-dealkylation sites (N-methyl/N-ethyl adjacent to an activating group) is 1. The molecule has 3 rings (SSSR count). The maximum atomic E-state index is 6.16. The number of hydrogen-bond donors (Lipinski definition) is 0. The number of rotatable bonds is 0. The van der Waals surface area contributed by atoms with Crippen LogP contribution < -0.4 is 0 Å². The second-order valence-electron chi connectivity index (χ2n) is 5.66. The van der Waals surface area contributed by atoms with Crippen LogP contribution in [-0.2, 0) is 0 Å². The minimum Gasteiger partial charge on any atom is -0.352 e. The maximum Gasteiger partial charge on any atom is 0.155 e. The Labute approximate surface area is 136 Å². The van der Waals surface area contributed by atoms with Gasteiger partial charge < -0.3 is 9.80 Å². The highest BCUT2D eigenvalue weighted by atomic mass is 35.5. The van der Waals surface area contributed by atoms with E-state index < -0.39 is 0 Å². The van der Waals surface area contributed by atoms with Gasteiger partial charge in [0.25, 0.3) is 0 Å². The average Bonchev–Trinajstić information content (AvgIpc) is 2.53. The first-order chi connectivity index (χ1) is 10.6. The Kier molecular flexibility index (Phi) is 4.32. The van der Waals surface area contributed by atoms with Crippen molar-refractivity contribution in [2.75, 3.05) is 40.3 Å². The molecule has 5 heteroatoms. The van der Waals surface area contributed by atoms with Crippen LogP contribution in [0.5, 0.6) is 0 Å². The largest absolute Gasteiger partial charge is 0.352 e. The Morgan fingerprint density at radius 2 is 1.95 bits per heavy atom. The Bertz CT molecular complexity index is 667. The van der Waals surface area contributed by atoms with E-state index in [0.29, 0.717) is 0 Å². The summed E-state index contributed by atoms with van der Waals surface area (Å²) in [5.74, 6) is 0.985. The molecule has 2 heterocycles. The lowest BCUT2D eigenvalue weighted by atomic mass is 9.95. The first-order valence-electron chi connectivity index (χ1n) is 7.60. The molecule has 0 saturated carbocycles. The summed E-state index contributed by atoms with van der Waals surface area (Å²) in [6.07, 6.45) is 2.10. The summed E-state index contributed by atoms with van der Waals surface area (Å²) in [6.45, 7) is 6.10. The highest BCUT2D eigenvalue weighted by molar-refractivity contribution is 6.59. The molecule has 1 fully saturated rings. The zero-order valence-electron chi connectivity index (χ0n) is 13.3. The van der Waals surface area contributed by atoms with E-state index in [1.54, 1.807) is 0 Å². The smallest absolute Gasteiger partial charge is 0.155 e. The molecule has 0 aliphatic carbocycles. The van der Waals surface area contributed by atoms with Crippen LogP contribution in [0.2, 0.25) is 5.02 Å². The monoisotopic (exact) mass is 316 g/mol. The van der Waals surface area contributed by atoms with E-state index in [0.717, 1.165) is 59.6 Å². The molecule has 4 nitrogen and oxygen atoms in total. The fourth-order valence-electron chi connectivity index (χ4n) is 2.99. The van der Waals surface area contributed by atoms with Gasteiger partial charge in [0, 0.05) is 49.4 Å². The first kappa shape index (κ1) is 15.3. The quantitative estimate of drug-likeness (QED) is 0.736. The molecule has 0 radical (unpaired) electrons. The normalized spacial score (nSPS) is 22.9. The van der Waals surface area contributed by atoms with Gasteiger partial charge in [0.05, 0.1) is 5.69 Å². The van der Waals surface area contributed by atoms with E-state index in [2.05, 4.69) is 27.9 Å². The van der Waals surface area contributed by atoms with Crippen molar-refractivity contribution < 1.29 is 0 Å². The Morgan fingerprint density at radius 1 is 1.23 bits per heavy atom. The fourth-order valence-corrected chi connectivity index (χ4v) is 3.16. The zero-order chi connectivity index (χ0) is 15.7. The maximum absolute atomic E-state index is 6.16. The number of halogens is 1. The van der Waals surface area contributed by atoms with Gasteiger partial charge in [-0.15, -0.1) is 0 Å². The van der Waals surface area contributed by atoms with Gasteiger partial charge >= 0.3 is 0 Å². The van der Waals surface area contributed by atoms with Gasteiger partial charge in [-0.1, -0.05) is 17.7 Å². The molecule has 0 atom stereocenters. The highest BCUT2D eigenvalue weighted by Gasteiger charge is 2.28. The van der Waals surface area contributed by atoms with Crippen molar-refractivity contribution in [3.8, 4) is 0 Å². The summed E-state index contributed by atoms with van der Waals surface area (Å²) in [7, 11) is 3.99. The van der Waals surface area contributed by atoms with E-state index >= 15 is 0 Å². The van der Waals surface area contributed by atoms with Crippen LogP contribution in [0.4, 0.5) is 5.69 Å². The van der Waals surface area contributed by atoms with Gasteiger partial charge in [-0.25, -0.2) is 4.99 Å². The third-order valence-electron chi connectivity index (χ3n) is 4.26. The molecular formula is C17H21ClN4. The summed E-state index contributed by atoms with van der Waals surface area (Å²) in [5, 5.41) is 0.729. The number of benzene rings is 1. The van der Waals surface area contributed by atoms with Crippen LogP contribution in [-0.4, -0.2) is 61.6 Å². The lowest BCUT2D eigenvalue weighted by Crippen LogP contribution is -2.49. The van der Waals surface area contributed by atoms with Crippen molar-refractivity contribution in [3.63, 3.8) is 0 Å². The predicted octanol–water partition coefficient (Wildman–Crippen LogP) is 3.11. The third-order valence-corrected chi connectivity index (χ3v) is 4.49. The molecule has 0 aromatic heterocycles. The summed E-state index contributed by atoms with van der Waals surface area (Å²) in [6, 6.07) is 5.86. The SMILES string of the molecule is C/C=C1\C(=N/C)C(N2CCN(C)CC2)=Nc2ccc(Cl)cc21. The number of hydrogen-bond acceptors (Lipinski definition) is 4. The Balaban J connectivity index is 2.07. The number of amidine groups is 1. The summed E-state index contributed by atoms with van der Waals surface area (Å²) < 4.78 is 0. The van der Waals surface area contributed by atoms with Gasteiger partial charge in [0.1, 0.15) is 5.71 Å². The average molecular weight is 317 g/mol. The molecule has 1 saturated heterocycles. The molecule has 1 aromatic carbocycles. The predicted molar refractivity (Wildman–Crippen MR) is 94.6 cm³/mol. The van der Waals surface area contributed by atoms with Crippen LogP contribution in [0.25, 0.3) is 5.57 Å². The van der Waals surface area contributed by atoms with Crippen LogP contribution >= 0.6 is 11.6 Å². The molecule has 0 unspecified atom stereocenters. The first-order valence-corrected chi connectivity index (χ1v) is 7.97. The number of nitrogens with zero attached hydrogens (tertiary/aromatic N) is 4. The fraction of sp³-hybridized carbons (Fsp3) is 0.412. The lowest BCUT2D eigenvalue weighted by Gasteiger charge is -2.36. The van der Waals surface area contributed by atoms with E-state index in [-0.39, 0.29) is 0 Å². The molecule has 22 heavy (non-hydrogen) atoms. The van der Waals surface area contributed by atoms with Gasteiger partial charge in [0.2, 0.25) is 0 Å². The van der Waals surface area contributed by atoms with Crippen molar-refractivity contribution in [2.24, 2.45) is 9.98 Å². The molecule has 2 aliphatic heterocycles. The standard InChI is InChI=1S/C17H21ClN4/c1-4-13-14-11-12(18)5-6-15(14)20-17(16(13)19-2)22-9-7-21(3)8-10-22/h4-6,11H,7-10H2,1-3H3/b13-4-,19-16+. The van der Waals surface area contributed by atoms with E-state index in [9.17, 15) is 0 Å². The minimum absolute atomic E-state index is 0.729. The van der Waals surface area contributed by atoms with Crippen LogP contribution in [0.3, 0.4) is 0 Å². The van der Waals surface area contributed by atoms with Crippen molar-refractivity contribution in [1.82, 2.24) is 9.80 Å². The highest BCUT2D eigenvalue weighted by Crippen LogP contribution is 2.35. The van der Waals surface area contributed by atoms with Crippen molar-refractivity contribution >= 4 is 34.4 Å². The van der Waals surface area contributed by atoms with Crippen LogP contribution in [0, 0.1) is 0 Å². The summed E-state index contributed by atoms with van der Waals surface area (Å²) >= 11 is 6.16. The zero-order valence-corrected chi connectivity index (χ0v) is 14.1. The topological polar surface area (TPSA) is 31.2 Å². The van der Waals surface area contributed by atoms with Crippen LogP contribution in [0.15, 0.2) is 34.3 Å². The van der Waals surface area contributed by atoms with E-state index in [1.165, 1.54) is 0 Å². The number of allylic oxidation sites excluding steroid dienone is 1. The molecule has 0 N–H and O–H groups in total. The van der Waals surface area contributed by atoms with Gasteiger partial charge in [0.15, 0.2) is 5.84 Å².